The van der Waals surface area contributed by atoms with Crippen molar-refractivity contribution in [3.8, 4) is 0 Å². The lowest BCUT2D eigenvalue weighted by Crippen LogP contribution is -2.46. The van der Waals surface area contributed by atoms with Gasteiger partial charge in [0.25, 0.3) is 0 Å². The fourth-order valence-corrected chi connectivity index (χ4v) is 2.64. The van der Waals surface area contributed by atoms with Crippen LogP contribution in [0.25, 0.3) is 0 Å². The Labute approximate surface area is 112 Å². The fraction of sp³-hybridized carbons (Fsp3) is 1.00. The van der Waals surface area contributed by atoms with Crippen LogP contribution in [-0.4, -0.2) is 75.0 Å². The molecular formula is C14H30N2O2. The molecule has 4 heteroatoms. The molecular weight excluding hydrogens is 228 g/mol. The highest BCUT2D eigenvalue weighted by Crippen LogP contribution is 2.29. The minimum absolute atomic E-state index is 0.0215. The third-order valence-corrected chi connectivity index (χ3v) is 3.83. The molecule has 18 heavy (non-hydrogen) atoms. The van der Waals surface area contributed by atoms with Crippen molar-refractivity contribution in [1.29, 1.82) is 0 Å². The predicted molar refractivity (Wildman–Crippen MR) is 74.9 cm³/mol. The van der Waals surface area contributed by atoms with Gasteiger partial charge in [-0.25, -0.2) is 0 Å². The summed E-state index contributed by atoms with van der Waals surface area (Å²) in [6, 6.07) is 0. The van der Waals surface area contributed by atoms with Crippen LogP contribution in [0.4, 0.5) is 0 Å². The van der Waals surface area contributed by atoms with Crippen molar-refractivity contribution in [2.45, 2.75) is 26.2 Å². The predicted octanol–water partition coefficient (Wildman–Crippen LogP) is 1.05. The molecule has 0 aliphatic carbocycles. The lowest BCUT2D eigenvalue weighted by molar-refractivity contribution is -0.0549. The molecule has 1 N–H and O–H groups in total. The zero-order valence-corrected chi connectivity index (χ0v) is 12.3. The van der Waals surface area contributed by atoms with Gasteiger partial charge in [0.2, 0.25) is 0 Å². The van der Waals surface area contributed by atoms with Crippen LogP contribution in [0, 0.1) is 5.41 Å². The molecule has 0 aromatic rings. The van der Waals surface area contributed by atoms with Crippen molar-refractivity contribution >= 4 is 0 Å². The summed E-state index contributed by atoms with van der Waals surface area (Å²) in [6.45, 7) is 8.27. The Morgan fingerprint density at radius 3 is 2.56 bits per heavy atom. The van der Waals surface area contributed by atoms with E-state index in [1.54, 1.807) is 0 Å². The van der Waals surface area contributed by atoms with Gasteiger partial charge in [0.1, 0.15) is 0 Å². The molecule has 0 spiro atoms. The average Bonchev–Trinajstić information content (AvgIpc) is 2.38. The highest BCUT2D eigenvalue weighted by atomic mass is 16.5. The van der Waals surface area contributed by atoms with Crippen molar-refractivity contribution in [2.75, 3.05) is 60.1 Å². The summed E-state index contributed by atoms with van der Waals surface area (Å²) in [6.07, 6.45) is 3.35. The van der Waals surface area contributed by atoms with Crippen LogP contribution < -0.4 is 0 Å². The molecule has 1 saturated heterocycles. The van der Waals surface area contributed by atoms with E-state index in [1.165, 1.54) is 6.42 Å². The van der Waals surface area contributed by atoms with Crippen molar-refractivity contribution in [3.05, 3.63) is 0 Å². The summed E-state index contributed by atoms with van der Waals surface area (Å²) in [5.41, 5.74) is -0.0215. The van der Waals surface area contributed by atoms with E-state index >= 15 is 0 Å². The van der Waals surface area contributed by atoms with E-state index in [0.717, 1.165) is 45.6 Å². The minimum Gasteiger partial charge on any atom is -0.396 e. The van der Waals surface area contributed by atoms with E-state index in [-0.39, 0.29) is 12.0 Å². The van der Waals surface area contributed by atoms with Crippen LogP contribution in [0.1, 0.15) is 26.2 Å². The summed E-state index contributed by atoms with van der Waals surface area (Å²) in [5, 5.41) is 9.68. The van der Waals surface area contributed by atoms with E-state index in [4.69, 9.17) is 4.74 Å². The third-order valence-electron chi connectivity index (χ3n) is 3.83. The number of hydrogen-bond donors (Lipinski definition) is 1. The molecule has 0 aromatic carbocycles. The first-order chi connectivity index (χ1) is 8.62. The SMILES string of the molecule is CCN(CCCN(C)C)CC1(CO)CCCOC1. The molecule has 1 heterocycles. The second kappa shape index (κ2) is 8.10. The standard InChI is InChI=1S/C14H30N2O2/c1-4-16(9-6-8-15(2)3)11-14(12-17)7-5-10-18-13-14/h17H,4-13H2,1-3H3. The zero-order chi connectivity index (χ0) is 13.4. The first-order valence-electron chi connectivity index (χ1n) is 7.17. The van der Waals surface area contributed by atoms with Gasteiger partial charge in [0.15, 0.2) is 0 Å². The molecule has 1 fully saturated rings. The van der Waals surface area contributed by atoms with Crippen LogP contribution in [0.5, 0.6) is 0 Å². The molecule has 0 saturated carbocycles. The Morgan fingerprint density at radius 1 is 1.28 bits per heavy atom. The Balaban J connectivity index is 2.39. The first kappa shape index (κ1) is 15.9. The van der Waals surface area contributed by atoms with E-state index in [0.29, 0.717) is 6.61 Å². The highest BCUT2D eigenvalue weighted by molar-refractivity contribution is 4.84. The van der Waals surface area contributed by atoms with Crippen molar-refractivity contribution in [3.63, 3.8) is 0 Å². The van der Waals surface area contributed by atoms with Crippen LogP contribution >= 0.6 is 0 Å². The van der Waals surface area contributed by atoms with Crippen molar-refractivity contribution in [1.82, 2.24) is 9.80 Å². The lowest BCUT2D eigenvalue weighted by Gasteiger charge is -2.39. The van der Waals surface area contributed by atoms with Gasteiger partial charge in [-0.05, 0) is 53.0 Å². The largest absolute Gasteiger partial charge is 0.396 e. The van der Waals surface area contributed by atoms with Gasteiger partial charge in [-0.3, -0.25) is 0 Å². The number of aliphatic hydroxyl groups excluding tert-OH is 1. The monoisotopic (exact) mass is 258 g/mol. The molecule has 1 aliphatic heterocycles. The number of hydrogen-bond acceptors (Lipinski definition) is 4. The Hall–Kier alpha value is -0.160. The lowest BCUT2D eigenvalue weighted by atomic mass is 9.82. The number of aliphatic hydroxyl groups is 1. The minimum atomic E-state index is -0.0215. The first-order valence-corrected chi connectivity index (χ1v) is 7.17. The van der Waals surface area contributed by atoms with Crippen LogP contribution in [-0.2, 0) is 4.74 Å². The summed E-state index contributed by atoms with van der Waals surface area (Å²) < 4.78 is 5.57. The molecule has 1 aliphatic rings. The Kier molecular flexibility index (Phi) is 7.15. The topological polar surface area (TPSA) is 35.9 Å². The van der Waals surface area contributed by atoms with Crippen molar-refractivity contribution in [2.24, 2.45) is 5.41 Å². The molecule has 108 valence electrons. The second-order valence-corrected chi connectivity index (χ2v) is 5.84. The molecule has 0 aromatic heterocycles. The number of ether oxygens (including phenoxy) is 1. The Bertz CT molecular complexity index is 216. The second-order valence-electron chi connectivity index (χ2n) is 5.84. The van der Waals surface area contributed by atoms with Gasteiger partial charge < -0.3 is 19.6 Å². The quantitative estimate of drug-likeness (QED) is 0.706. The van der Waals surface area contributed by atoms with Gasteiger partial charge in [0, 0.05) is 18.6 Å². The van der Waals surface area contributed by atoms with E-state index in [1.807, 2.05) is 0 Å². The molecule has 1 unspecified atom stereocenters. The molecule has 1 rings (SSSR count). The van der Waals surface area contributed by atoms with Crippen LogP contribution in [0.2, 0.25) is 0 Å². The van der Waals surface area contributed by atoms with Gasteiger partial charge in [-0.1, -0.05) is 6.92 Å². The maximum atomic E-state index is 9.68. The smallest absolute Gasteiger partial charge is 0.0556 e. The van der Waals surface area contributed by atoms with Gasteiger partial charge in [0.05, 0.1) is 13.2 Å². The maximum absolute atomic E-state index is 9.68. The highest BCUT2D eigenvalue weighted by Gasteiger charge is 2.33. The summed E-state index contributed by atoms with van der Waals surface area (Å²) in [7, 11) is 4.22. The maximum Gasteiger partial charge on any atom is 0.0556 e. The van der Waals surface area contributed by atoms with Crippen molar-refractivity contribution < 1.29 is 9.84 Å². The molecule has 0 bridgehead atoms. The van der Waals surface area contributed by atoms with E-state index in [9.17, 15) is 5.11 Å². The number of rotatable bonds is 8. The van der Waals surface area contributed by atoms with E-state index in [2.05, 4.69) is 30.8 Å². The summed E-state index contributed by atoms with van der Waals surface area (Å²) in [5.74, 6) is 0. The molecule has 0 radical (unpaired) electrons. The van der Waals surface area contributed by atoms with Crippen LogP contribution in [0.15, 0.2) is 0 Å². The van der Waals surface area contributed by atoms with Gasteiger partial charge in [-0.15, -0.1) is 0 Å². The third kappa shape index (κ3) is 5.22. The fourth-order valence-electron chi connectivity index (χ4n) is 2.64. The molecule has 0 amide bonds. The normalized spacial score (nSPS) is 25.0. The molecule has 4 nitrogen and oxygen atoms in total. The van der Waals surface area contributed by atoms with E-state index < -0.39 is 0 Å². The summed E-state index contributed by atoms with van der Waals surface area (Å²) >= 11 is 0. The summed E-state index contributed by atoms with van der Waals surface area (Å²) in [4.78, 5) is 4.67. The molecule has 1 atom stereocenters. The number of nitrogens with zero attached hydrogens (tertiary/aromatic N) is 2. The zero-order valence-electron chi connectivity index (χ0n) is 12.3. The van der Waals surface area contributed by atoms with Crippen LogP contribution in [0.3, 0.4) is 0 Å². The van der Waals surface area contributed by atoms with Gasteiger partial charge >= 0.3 is 0 Å². The average molecular weight is 258 g/mol. The van der Waals surface area contributed by atoms with Gasteiger partial charge in [-0.2, -0.15) is 0 Å². The Morgan fingerprint density at radius 2 is 2.06 bits per heavy atom.